The number of hydrogen-bond donors (Lipinski definition) is 3. The molecule has 0 aliphatic heterocycles. The molecule has 0 aromatic carbocycles. The Bertz CT molecular complexity index is 827. The molecule has 0 bridgehead atoms. The molecule has 4 aromatic heterocycles. The van der Waals surface area contributed by atoms with Crippen LogP contribution in [0.4, 0.5) is 0 Å². The van der Waals surface area contributed by atoms with E-state index in [4.69, 9.17) is 16.7 Å². The summed E-state index contributed by atoms with van der Waals surface area (Å²) in [6.07, 6.45) is 0. The second-order valence-corrected chi connectivity index (χ2v) is 6.53. The van der Waals surface area contributed by atoms with Gasteiger partial charge in [-0.2, -0.15) is 0 Å². The highest BCUT2D eigenvalue weighted by Crippen LogP contribution is 2.21. The minimum Gasteiger partial charge on any atom is -0.477 e. The number of halogens is 1. The van der Waals surface area contributed by atoms with Crippen molar-refractivity contribution in [2.24, 2.45) is 0 Å². The number of aromatic carboxylic acids is 1. The first-order valence-electron chi connectivity index (χ1n) is 6.10. The van der Waals surface area contributed by atoms with Gasteiger partial charge in [-0.25, -0.2) is 4.79 Å². The van der Waals surface area contributed by atoms with Crippen molar-refractivity contribution in [3.05, 3.63) is 46.4 Å². The topological polar surface area (TPSA) is 85.9 Å². The molecule has 0 aliphatic rings. The number of carboxylic acid groups (broad SMARTS) is 1. The number of fused-ring (bicyclic) bond motifs is 2. The van der Waals surface area contributed by atoms with Gasteiger partial charge in [-0.15, -0.1) is 22.7 Å². The van der Waals surface area contributed by atoms with Crippen LogP contribution in [-0.4, -0.2) is 26.3 Å². The van der Waals surface area contributed by atoms with Gasteiger partial charge in [0.25, 0.3) is 5.24 Å². The Hall–Kier alpha value is -2.09. The Balaban J connectivity index is 0.000000131. The summed E-state index contributed by atoms with van der Waals surface area (Å²) in [5.74, 6) is -0.909. The molecule has 4 heterocycles. The molecule has 0 amide bonds. The average molecular weight is 353 g/mol. The van der Waals surface area contributed by atoms with Crippen LogP contribution in [0.1, 0.15) is 21.0 Å². The van der Waals surface area contributed by atoms with E-state index in [1.807, 2.05) is 22.9 Å². The van der Waals surface area contributed by atoms with E-state index in [0.29, 0.717) is 5.69 Å². The largest absolute Gasteiger partial charge is 0.477 e. The zero-order valence-corrected chi connectivity index (χ0v) is 13.3. The van der Waals surface area contributed by atoms with Crippen molar-refractivity contribution in [1.82, 2.24) is 9.97 Å². The fraction of sp³-hybridized carbons (Fsp3) is 0. The first kappa shape index (κ1) is 14.8. The zero-order chi connectivity index (χ0) is 15.7. The van der Waals surface area contributed by atoms with Crippen molar-refractivity contribution < 1.29 is 14.7 Å². The second kappa shape index (κ2) is 5.96. The third-order valence-electron chi connectivity index (χ3n) is 2.93. The Morgan fingerprint density at radius 2 is 1.45 bits per heavy atom. The maximum atomic E-state index is 10.7. The third kappa shape index (κ3) is 2.92. The highest BCUT2D eigenvalue weighted by atomic mass is 35.5. The first-order chi connectivity index (χ1) is 10.5. The van der Waals surface area contributed by atoms with Gasteiger partial charge in [0.15, 0.2) is 0 Å². The molecule has 3 N–H and O–H groups in total. The molecule has 0 spiro atoms. The molecule has 8 heteroatoms. The maximum absolute atomic E-state index is 10.7. The molecule has 0 aliphatic carbocycles. The number of rotatable bonds is 2. The number of aromatic nitrogens is 2. The van der Waals surface area contributed by atoms with Crippen LogP contribution in [0, 0.1) is 0 Å². The predicted molar refractivity (Wildman–Crippen MR) is 89.5 cm³/mol. The van der Waals surface area contributed by atoms with Gasteiger partial charge in [0, 0.05) is 10.8 Å². The summed E-state index contributed by atoms with van der Waals surface area (Å²) in [4.78, 5) is 28.7. The molecule has 5 nitrogen and oxygen atoms in total. The number of carboxylic acids is 1. The summed E-state index contributed by atoms with van der Waals surface area (Å²) < 4.78 is 0. The molecular formula is C14H9ClN2O3S2. The number of thiophene rings is 2. The highest BCUT2D eigenvalue weighted by Gasteiger charge is 2.07. The molecule has 4 aromatic rings. The van der Waals surface area contributed by atoms with Crippen molar-refractivity contribution >= 4 is 65.9 Å². The minimum atomic E-state index is -0.909. The summed E-state index contributed by atoms with van der Waals surface area (Å²) in [7, 11) is 0. The Morgan fingerprint density at radius 1 is 0.955 bits per heavy atom. The lowest BCUT2D eigenvalue weighted by atomic mass is 10.4. The SMILES string of the molecule is O=C(Cl)c1cc2ccsc2[nH]1.O=C(O)c1cc2ccsc2[nH]1. The molecule has 4 rings (SSSR count). The molecule has 0 saturated heterocycles. The third-order valence-corrected chi connectivity index (χ3v) is 4.82. The minimum absolute atomic E-state index is 0.256. The predicted octanol–water partition coefficient (Wildman–Crippen LogP) is 4.54. The molecule has 0 fully saturated rings. The van der Waals surface area contributed by atoms with Crippen LogP contribution in [0.15, 0.2) is 35.0 Å². The van der Waals surface area contributed by atoms with Gasteiger partial charge >= 0.3 is 5.97 Å². The van der Waals surface area contributed by atoms with E-state index in [0.717, 1.165) is 20.4 Å². The monoisotopic (exact) mass is 352 g/mol. The number of nitrogens with one attached hydrogen (secondary N) is 2. The van der Waals surface area contributed by atoms with Gasteiger partial charge in [0.1, 0.15) is 21.0 Å². The number of H-pyrrole nitrogens is 2. The van der Waals surface area contributed by atoms with Crippen molar-refractivity contribution in [2.45, 2.75) is 0 Å². The fourth-order valence-electron chi connectivity index (χ4n) is 1.92. The van der Waals surface area contributed by atoms with Crippen molar-refractivity contribution in [3.8, 4) is 0 Å². The van der Waals surface area contributed by atoms with Crippen molar-refractivity contribution in [3.63, 3.8) is 0 Å². The molecule has 0 radical (unpaired) electrons. The van der Waals surface area contributed by atoms with E-state index in [1.54, 1.807) is 23.5 Å². The normalized spacial score (nSPS) is 10.6. The summed E-state index contributed by atoms with van der Waals surface area (Å²) in [5, 5.41) is 14.0. The molecule has 0 saturated carbocycles. The van der Waals surface area contributed by atoms with Crippen molar-refractivity contribution in [1.29, 1.82) is 0 Å². The van der Waals surface area contributed by atoms with Crippen LogP contribution in [0.5, 0.6) is 0 Å². The quantitative estimate of drug-likeness (QED) is 0.463. The van der Waals surface area contributed by atoms with Gasteiger partial charge in [-0.3, -0.25) is 4.79 Å². The first-order valence-corrected chi connectivity index (χ1v) is 8.24. The smallest absolute Gasteiger partial charge is 0.352 e. The van der Waals surface area contributed by atoms with Crippen LogP contribution in [0.3, 0.4) is 0 Å². The second-order valence-electron chi connectivity index (χ2n) is 4.36. The average Bonchev–Trinajstić information content (AvgIpc) is 3.18. The van der Waals surface area contributed by atoms with Crippen LogP contribution in [0.25, 0.3) is 20.4 Å². The van der Waals surface area contributed by atoms with Gasteiger partial charge in [0.2, 0.25) is 0 Å². The number of carbonyl (C=O) groups is 2. The van der Waals surface area contributed by atoms with Gasteiger partial charge in [-0.05, 0) is 46.6 Å². The summed E-state index contributed by atoms with van der Waals surface area (Å²) >= 11 is 8.33. The zero-order valence-electron chi connectivity index (χ0n) is 10.9. The summed E-state index contributed by atoms with van der Waals surface area (Å²) in [5.41, 5.74) is 0.723. The lowest BCUT2D eigenvalue weighted by Gasteiger charge is -1.82. The van der Waals surface area contributed by atoms with E-state index in [2.05, 4.69) is 9.97 Å². The highest BCUT2D eigenvalue weighted by molar-refractivity contribution is 7.17. The van der Waals surface area contributed by atoms with Gasteiger partial charge < -0.3 is 15.1 Å². The van der Waals surface area contributed by atoms with Gasteiger partial charge in [0.05, 0.1) is 0 Å². The van der Waals surface area contributed by atoms with Crippen LogP contribution < -0.4 is 0 Å². The van der Waals surface area contributed by atoms with E-state index in [9.17, 15) is 9.59 Å². The fourth-order valence-corrected chi connectivity index (χ4v) is 3.58. The Kier molecular flexibility index (Phi) is 4.02. The standard InChI is InChI=1S/C7H4ClNOS.C7H5NO2S/c8-6(10)5-3-4-1-2-11-7(4)9-5;9-7(10)5-3-4-1-2-11-6(4)8-5/h1-3,9H;1-3,8H,(H,9,10). The number of hydrogen-bond acceptors (Lipinski definition) is 4. The molecule has 112 valence electrons. The number of aromatic amines is 2. The summed E-state index contributed by atoms with van der Waals surface area (Å²) in [6.45, 7) is 0. The van der Waals surface area contributed by atoms with Gasteiger partial charge in [-0.1, -0.05) is 0 Å². The molecule has 22 heavy (non-hydrogen) atoms. The van der Waals surface area contributed by atoms with E-state index >= 15 is 0 Å². The van der Waals surface area contributed by atoms with Crippen molar-refractivity contribution in [2.75, 3.05) is 0 Å². The summed E-state index contributed by atoms with van der Waals surface area (Å²) in [6, 6.07) is 7.22. The Morgan fingerprint density at radius 3 is 1.91 bits per heavy atom. The van der Waals surface area contributed by atoms with Crippen LogP contribution in [0.2, 0.25) is 0 Å². The number of carbonyl (C=O) groups excluding carboxylic acids is 1. The maximum Gasteiger partial charge on any atom is 0.352 e. The molecule has 0 unspecified atom stereocenters. The van der Waals surface area contributed by atoms with Crippen LogP contribution in [-0.2, 0) is 0 Å². The van der Waals surface area contributed by atoms with E-state index in [-0.39, 0.29) is 5.69 Å². The van der Waals surface area contributed by atoms with E-state index < -0.39 is 11.2 Å². The molecular weight excluding hydrogens is 344 g/mol. The lowest BCUT2D eigenvalue weighted by Crippen LogP contribution is -1.94. The van der Waals surface area contributed by atoms with Crippen LogP contribution >= 0.6 is 34.3 Å². The van der Waals surface area contributed by atoms with E-state index in [1.165, 1.54) is 11.3 Å². The Labute approximate surface area is 137 Å². The molecule has 0 atom stereocenters. The lowest BCUT2D eigenvalue weighted by molar-refractivity contribution is 0.0691.